The molecule has 0 saturated heterocycles. The van der Waals surface area contributed by atoms with Gasteiger partial charge in [0.2, 0.25) is 0 Å². The second-order valence-electron chi connectivity index (χ2n) is 14.3. The normalized spacial score (nSPS) is 51.6. The molecule has 2 unspecified atom stereocenters. The third-order valence-corrected chi connectivity index (χ3v) is 13.3. The number of carbonyl (C=O) groups is 2. The van der Waals surface area contributed by atoms with E-state index in [1.807, 2.05) is 0 Å². The van der Waals surface area contributed by atoms with E-state index in [-0.39, 0.29) is 40.1 Å². The number of hydrogen-bond donors (Lipinski definition) is 2. The van der Waals surface area contributed by atoms with Gasteiger partial charge in [0.05, 0.1) is 12.0 Å². The molecule has 0 amide bonds. The van der Waals surface area contributed by atoms with Gasteiger partial charge in [0.15, 0.2) is 0 Å². The SMILES string of the molecule is C=C(CO)[C@@H]1CC[C@]2(C(=O)O)CC[C@]3(C)[C@H](CC[C@@H]4[C@@]5(C)CCC(=O)C(C)(C)C5CC[C@]43C)C12. The van der Waals surface area contributed by atoms with E-state index in [9.17, 15) is 19.8 Å². The van der Waals surface area contributed by atoms with E-state index in [1.54, 1.807) is 0 Å². The predicted octanol–water partition coefficient (Wildman–Crippen LogP) is 6.27. The number of carboxylic acids is 1. The molecule has 0 aromatic heterocycles. The second-order valence-corrected chi connectivity index (χ2v) is 14.3. The number of rotatable bonds is 3. The maximum Gasteiger partial charge on any atom is 0.309 e. The first-order valence-corrected chi connectivity index (χ1v) is 13.8. The van der Waals surface area contributed by atoms with Crippen LogP contribution in [0.25, 0.3) is 0 Å². The van der Waals surface area contributed by atoms with Crippen LogP contribution in [0.1, 0.15) is 98.8 Å². The molecule has 34 heavy (non-hydrogen) atoms. The molecule has 0 radical (unpaired) electrons. The Bertz CT molecular complexity index is 921. The fourth-order valence-corrected chi connectivity index (χ4v) is 11.3. The van der Waals surface area contributed by atoms with Crippen LogP contribution in [0.4, 0.5) is 0 Å². The van der Waals surface area contributed by atoms with Crippen LogP contribution in [-0.2, 0) is 9.59 Å². The quantitative estimate of drug-likeness (QED) is 0.477. The van der Waals surface area contributed by atoms with Gasteiger partial charge in [-0.3, -0.25) is 9.59 Å². The van der Waals surface area contributed by atoms with Crippen molar-refractivity contribution in [1.82, 2.24) is 0 Å². The minimum absolute atomic E-state index is 0.0386. The second kappa shape index (κ2) is 7.43. The van der Waals surface area contributed by atoms with Gasteiger partial charge >= 0.3 is 5.97 Å². The van der Waals surface area contributed by atoms with E-state index in [0.717, 1.165) is 63.4 Å². The molecule has 0 aromatic rings. The van der Waals surface area contributed by atoms with Gasteiger partial charge in [-0.25, -0.2) is 0 Å². The van der Waals surface area contributed by atoms with E-state index < -0.39 is 11.4 Å². The zero-order chi connectivity index (χ0) is 24.9. The Hall–Kier alpha value is -1.16. The topological polar surface area (TPSA) is 74.6 Å². The lowest BCUT2D eigenvalue weighted by Crippen LogP contribution is -2.66. The number of hydrogen-bond acceptors (Lipinski definition) is 3. The highest BCUT2D eigenvalue weighted by atomic mass is 16.4. The van der Waals surface area contributed by atoms with Gasteiger partial charge in [-0.15, -0.1) is 0 Å². The van der Waals surface area contributed by atoms with Gasteiger partial charge in [-0.1, -0.05) is 41.2 Å². The molecule has 0 aliphatic heterocycles. The van der Waals surface area contributed by atoms with E-state index in [0.29, 0.717) is 30.0 Å². The Morgan fingerprint density at radius 1 is 0.912 bits per heavy atom. The lowest BCUT2D eigenvalue weighted by Gasteiger charge is -2.72. The fourth-order valence-electron chi connectivity index (χ4n) is 11.3. The summed E-state index contributed by atoms with van der Waals surface area (Å²) >= 11 is 0. The first kappa shape index (κ1) is 24.5. The largest absolute Gasteiger partial charge is 0.481 e. The predicted molar refractivity (Wildman–Crippen MR) is 133 cm³/mol. The number of aliphatic hydroxyl groups is 1. The fraction of sp³-hybridized carbons (Fsp3) is 0.867. The Balaban J connectivity index is 1.57. The number of aliphatic hydroxyl groups excluding tert-OH is 1. The first-order valence-electron chi connectivity index (χ1n) is 13.8. The molecular weight excluding hydrogens is 424 g/mol. The number of fused-ring (bicyclic) bond motifs is 7. The molecule has 0 heterocycles. The van der Waals surface area contributed by atoms with Crippen LogP contribution in [0, 0.1) is 56.7 Å². The molecule has 5 aliphatic carbocycles. The summed E-state index contributed by atoms with van der Waals surface area (Å²) < 4.78 is 0. The van der Waals surface area contributed by atoms with E-state index in [2.05, 4.69) is 41.2 Å². The Morgan fingerprint density at radius 2 is 1.62 bits per heavy atom. The van der Waals surface area contributed by atoms with Crippen LogP contribution in [0.2, 0.25) is 0 Å². The molecule has 0 aromatic carbocycles. The summed E-state index contributed by atoms with van der Waals surface area (Å²) in [5.41, 5.74) is 0.341. The molecular formula is C30H46O4. The first-order chi connectivity index (χ1) is 15.8. The number of Topliss-reactive ketones (excluding diaryl/α,β-unsaturated/α-hetero) is 1. The van der Waals surface area contributed by atoms with Gasteiger partial charge in [0, 0.05) is 11.8 Å². The third kappa shape index (κ3) is 2.75. The Labute approximate surface area is 206 Å². The van der Waals surface area contributed by atoms with E-state index >= 15 is 0 Å². The van der Waals surface area contributed by atoms with Crippen molar-refractivity contribution in [2.75, 3.05) is 6.61 Å². The minimum atomic E-state index is -0.656. The van der Waals surface area contributed by atoms with Crippen LogP contribution in [-0.4, -0.2) is 28.6 Å². The number of carboxylic acid groups (broad SMARTS) is 1. The molecule has 2 N–H and O–H groups in total. The van der Waals surface area contributed by atoms with Crippen LogP contribution in [0.15, 0.2) is 12.2 Å². The molecule has 5 rings (SSSR count). The summed E-state index contributed by atoms with van der Waals surface area (Å²) in [5, 5.41) is 20.5. The van der Waals surface area contributed by atoms with Gasteiger partial charge in [-0.2, -0.15) is 0 Å². The molecule has 4 nitrogen and oxygen atoms in total. The number of aliphatic carboxylic acids is 1. The highest BCUT2D eigenvalue weighted by molar-refractivity contribution is 5.85. The summed E-state index contributed by atoms with van der Waals surface area (Å²) in [5.74, 6) is 1.38. The van der Waals surface area contributed by atoms with Crippen molar-refractivity contribution in [2.24, 2.45) is 56.7 Å². The van der Waals surface area contributed by atoms with Gasteiger partial charge in [0.25, 0.3) is 0 Å². The summed E-state index contributed by atoms with van der Waals surface area (Å²) in [7, 11) is 0. The van der Waals surface area contributed by atoms with Crippen molar-refractivity contribution in [3.63, 3.8) is 0 Å². The van der Waals surface area contributed by atoms with Crippen molar-refractivity contribution < 1.29 is 19.8 Å². The van der Waals surface area contributed by atoms with Crippen molar-refractivity contribution in [2.45, 2.75) is 98.8 Å². The molecule has 5 saturated carbocycles. The maximum atomic E-state index is 12.9. The molecule has 4 heteroatoms. The smallest absolute Gasteiger partial charge is 0.309 e. The summed E-state index contributed by atoms with van der Waals surface area (Å²) in [6.07, 6.45) is 9.46. The van der Waals surface area contributed by atoms with Crippen molar-refractivity contribution in [3.05, 3.63) is 12.2 Å². The summed E-state index contributed by atoms with van der Waals surface area (Å²) in [4.78, 5) is 25.7. The number of ketones is 1. The highest BCUT2D eigenvalue weighted by Gasteiger charge is 2.72. The molecule has 0 spiro atoms. The lowest BCUT2D eigenvalue weighted by atomic mass is 9.32. The average molecular weight is 471 g/mol. The van der Waals surface area contributed by atoms with E-state index in [1.165, 1.54) is 0 Å². The monoisotopic (exact) mass is 470 g/mol. The third-order valence-electron chi connectivity index (χ3n) is 13.3. The van der Waals surface area contributed by atoms with Crippen molar-refractivity contribution in [1.29, 1.82) is 0 Å². The Morgan fingerprint density at radius 3 is 2.26 bits per heavy atom. The lowest BCUT2D eigenvalue weighted by molar-refractivity contribution is -0.235. The standard InChI is InChI=1S/C30H46O4/c1-18(17-31)19-9-14-30(25(33)34)16-15-28(5)20(24(19)30)7-8-22-27(4)12-11-23(32)26(2,3)21(27)10-13-29(22,28)6/h19-22,24,31H,1,7-17H2,2-6H3,(H,33,34)/t19-,20+,21?,22+,24?,27-,28+,29+,30-/m0/s1. The summed E-state index contributed by atoms with van der Waals surface area (Å²) in [6.45, 7) is 16.1. The van der Waals surface area contributed by atoms with Crippen LogP contribution >= 0.6 is 0 Å². The van der Waals surface area contributed by atoms with E-state index in [4.69, 9.17) is 0 Å². The van der Waals surface area contributed by atoms with Gasteiger partial charge in [0.1, 0.15) is 5.78 Å². The van der Waals surface area contributed by atoms with Crippen LogP contribution in [0.3, 0.4) is 0 Å². The zero-order valence-electron chi connectivity index (χ0n) is 22.1. The molecule has 9 atom stereocenters. The zero-order valence-corrected chi connectivity index (χ0v) is 22.1. The molecule has 0 bridgehead atoms. The van der Waals surface area contributed by atoms with Gasteiger partial charge in [-0.05, 0) is 109 Å². The van der Waals surface area contributed by atoms with Crippen LogP contribution < -0.4 is 0 Å². The Kier molecular flexibility index (Phi) is 5.36. The average Bonchev–Trinajstić information content (AvgIpc) is 3.18. The molecule has 190 valence electrons. The summed E-state index contributed by atoms with van der Waals surface area (Å²) in [6, 6.07) is 0. The highest BCUT2D eigenvalue weighted by Crippen LogP contribution is 2.77. The van der Waals surface area contributed by atoms with Crippen molar-refractivity contribution in [3.8, 4) is 0 Å². The molecule has 5 fully saturated rings. The van der Waals surface area contributed by atoms with Gasteiger partial charge < -0.3 is 10.2 Å². The van der Waals surface area contributed by atoms with Crippen LogP contribution in [0.5, 0.6) is 0 Å². The maximum absolute atomic E-state index is 12.9. The van der Waals surface area contributed by atoms with Crippen molar-refractivity contribution >= 4 is 11.8 Å². The minimum Gasteiger partial charge on any atom is -0.481 e. The molecule has 5 aliphatic rings. The number of carbonyl (C=O) groups excluding carboxylic acids is 1.